The third-order valence-electron chi connectivity index (χ3n) is 3.83. The number of nitrogens with zero attached hydrogens (tertiary/aromatic N) is 1. The Hall–Kier alpha value is -1.43. The fraction of sp³-hybridized carbons (Fsp3) is 0.600. The fourth-order valence-corrected chi connectivity index (χ4v) is 2.78. The van der Waals surface area contributed by atoms with Gasteiger partial charge in [-0.25, -0.2) is 0 Å². The average Bonchev–Trinajstić information content (AvgIpc) is 2.37. The van der Waals surface area contributed by atoms with Crippen molar-refractivity contribution in [1.29, 1.82) is 0 Å². The van der Waals surface area contributed by atoms with Crippen LogP contribution in [0.4, 0.5) is 18.9 Å². The molecular weight excluding hydrogens is 281 g/mol. The summed E-state index contributed by atoms with van der Waals surface area (Å²) in [5.74, 6) is 0.302. The smallest absolute Gasteiger partial charge is 0.406 e. The van der Waals surface area contributed by atoms with Crippen molar-refractivity contribution in [1.82, 2.24) is 4.90 Å². The number of ether oxygens (including phenoxy) is 1. The molecule has 6 heteroatoms. The first kappa shape index (κ1) is 15.9. The van der Waals surface area contributed by atoms with E-state index in [1.165, 1.54) is 12.1 Å². The van der Waals surface area contributed by atoms with E-state index in [1.807, 2.05) is 0 Å². The average molecular weight is 302 g/mol. The minimum atomic E-state index is -4.66. The number of likely N-dealkylation sites (tertiary alicyclic amines) is 1. The van der Waals surface area contributed by atoms with Gasteiger partial charge in [-0.2, -0.15) is 0 Å². The Bertz CT molecular complexity index is 464. The normalized spacial score (nSPS) is 21.9. The van der Waals surface area contributed by atoms with Crippen LogP contribution in [-0.4, -0.2) is 37.4 Å². The van der Waals surface area contributed by atoms with Crippen LogP contribution in [0.1, 0.15) is 19.8 Å². The van der Waals surface area contributed by atoms with Crippen LogP contribution in [0, 0.1) is 5.92 Å². The van der Waals surface area contributed by atoms with E-state index < -0.39 is 6.36 Å². The number of alkyl halides is 3. The number of hydrogen-bond acceptors (Lipinski definition) is 3. The molecule has 0 amide bonds. The number of benzene rings is 1. The number of hydrogen-bond donors (Lipinski definition) is 1. The lowest BCUT2D eigenvalue weighted by Gasteiger charge is -2.34. The zero-order valence-corrected chi connectivity index (χ0v) is 12.3. The third-order valence-corrected chi connectivity index (χ3v) is 3.83. The van der Waals surface area contributed by atoms with Gasteiger partial charge < -0.3 is 15.0 Å². The first-order valence-corrected chi connectivity index (χ1v) is 7.14. The number of nitrogens with one attached hydrogen (secondary N) is 1. The van der Waals surface area contributed by atoms with Crippen LogP contribution in [0.2, 0.25) is 0 Å². The Kier molecular flexibility index (Phi) is 4.98. The highest BCUT2D eigenvalue weighted by molar-refractivity contribution is 5.48. The Morgan fingerprint density at radius 1 is 1.38 bits per heavy atom. The molecule has 3 nitrogen and oxygen atoms in total. The summed E-state index contributed by atoms with van der Waals surface area (Å²) < 4.78 is 40.6. The second kappa shape index (κ2) is 6.56. The molecule has 1 saturated heterocycles. The zero-order chi connectivity index (χ0) is 15.5. The molecule has 2 atom stereocenters. The van der Waals surface area contributed by atoms with Crippen LogP contribution in [0.15, 0.2) is 24.3 Å². The van der Waals surface area contributed by atoms with Gasteiger partial charge in [0.2, 0.25) is 0 Å². The topological polar surface area (TPSA) is 24.5 Å². The maximum absolute atomic E-state index is 12.2. The molecule has 1 aliphatic rings. The summed E-state index contributed by atoms with van der Waals surface area (Å²) >= 11 is 0. The molecular formula is C15H21F3N2O. The van der Waals surface area contributed by atoms with Crippen molar-refractivity contribution < 1.29 is 17.9 Å². The van der Waals surface area contributed by atoms with Gasteiger partial charge in [0.05, 0.1) is 0 Å². The molecule has 1 aromatic rings. The molecule has 1 aliphatic heterocycles. The molecule has 0 radical (unpaired) electrons. The van der Waals surface area contributed by atoms with Crippen molar-refractivity contribution in [3.05, 3.63) is 24.3 Å². The second-order valence-corrected chi connectivity index (χ2v) is 5.67. The lowest BCUT2D eigenvalue weighted by Crippen LogP contribution is -2.39. The predicted molar refractivity (Wildman–Crippen MR) is 76.4 cm³/mol. The summed E-state index contributed by atoms with van der Waals surface area (Å²) in [6, 6.07) is 6.21. The highest BCUT2D eigenvalue weighted by Crippen LogP contribution is 2.27. The Morgan fingerprint density at radius 2 is 2.14 bits per heavy atom. The van der Waals surface area contributed by atoms with Gasteiger partial charge in [0.25, 0.3) is 0 Å². The molecule has 1 N–H and O–H groups in total. The maximum Gasteiger partial charge on any atom is 0.573 e. The predicted octanol–water partition coefficient (Wildman–Crippen LogP) is 3.73. The van der Waals surface area contributed by atoms with Gasteiger partial charge >= 0.3 is 6.36 Å². The van der Waals surface area contributed by atoms with Crippen LogP contribution < -0.4 is 10.1 Å². The van der Waals surface area contributed by atoms with E-state index in [4.69, 9.17) is 0 Å². The highest BCUT2D eigenvalue weighted by atomic mass is 19.4. The zero-order valence-electron chi connectivity index (χ0n) is 12.3. The minimum absolute atomic E-state index is 0.194. The molecule has 0 saturated carbocycles. The lowest BCUT2D eigenvalue weighted by atomic mass is 9.92. The van der Waals surface area contributed by atoms with Gasteiger partial charge in [-0.05, 0) is 51.4 Å². The van der Waals surface area contributed by atoms with Gasteiger partial charge in [0.15, 0.2) is 0 Å². The maximum atomic E-state index is 12.2. The third kappa shape index (κ3) is 5.12. The standard InChI is InChI=1S/C15H21F3N2O/c1-11(12-5-4-8-20(2)10-12)19-13-6-3-7-14(9-13)21-15(16,17)18/h3,6-7,9,11-12,19H,4-5,8,10H2,1-2H3. The molecule has 1 aromatic carbocycles. The second-order valence-electron chi connectivity index (χ2n) is 5.67. The van der Waals surface area contributed by atoms with E-state index in [2.05, 4.69) is 28.9 Å². The summed E-state index contributed by atoms with van der Waals surface area (Å²) in [4.78, 5) is 2.29. The van der Waals surface area contributed by atoms with E-state index in [-0.39, 0.29) is 11.8 Å². The van der Waals surface area contributed by atoms with E-state index in [0.29, 0.717) is 11.6 Å². The molecule has 0 spiro atoms. The van der Waals surface area contributed by atoms with Crippen molar-refractivity contribution >= 4 is 5.69 Å². The van der Waals surface area contributed by atoms with Crippen LogP contribution in [-0.2, 0) is 0 Å². The molecule has 118 valence electrons. The minimum Gasteiger partial charge on any atom is -0.406 e. The van der Waals surface area contributed by atoms with Crippen molar-refractivity contribution in [2.24, 2.45) is 5.92 Å². The summed E-state index contributed by atoms with van der Waals surface area (Å²) in [5, 5.41) is 3.28. The molecule has 0 aromatic heterocycles. The first-order valence-electron chi connectivity index (χ1n) is 7.14. The van der Waals surface area contributed by atoms with Gasteiger partial charge in [-0.1, -0.05) is 6.07 Å². The van der Waals surface area contributed by atoms with Crippen LogP contribution in [0.3, 0.4) is 0 Å². The van der Waals surface area contributed by atoms with Crippen LogP contribution in [0.5, 0.6) is 5.75 Å². The number of anilines is 1. The highest BCUT2D eigenvalue weighted by Gasteiger charge is 2.31. The van der Waals surface area contributed by atoms with E-state index in [0.717, 1.165) is 25.9 Å². The molecule has 1 fully saturated rings. The Morgan fingerprint density at radius 3 is 2.81 bits per heavy atom. The van der Waals surface area contributed by atoms with Crippen LogP contribution in [0.25, 0.3) is 0 Å². The van der Waals surface area contributed by atoms with E-state index in [1.54, 1.807) is 12.1 Å². The van der Waals surface area contributed by atoms with E-state index in [9.17, 15) is 13.2 Å². The van der Waals surface area contributed by atoms with Gasteiger partial charge in [0, 0.05) is 24.3 Å². The van der Waals surface area contributed by atoms with Crippen molar-refractivity contribution in [3.8, 4) is 5.75 Å². The fourth-order valence-electron chi connectivity index (χ4n) is 2.78. The lowest BCUT2D eigenvalue weighted by molar-refractivity contribution is -0.274. The monoisotopic (exact) mass is 302 g/mol. The number of rotatable bonds is 4. The van der Waals surface area contributed by atoms with Crippen LogP contribution >= 0.6 is 0 Å². The van der Waals surface area contributed by atoms with Crippen molar-refractivity contribution in [2.45, 2.75) is 32.2 Å². The largest absolute Gasteiger partial charge is 0.573 e. The Labute approximate surface area is 123 Å². The van der Waals surface area contributed by atoms with Gasteiger partial charge in [-0.3, -0.25) is 0 Å². The quantitative estimate of drug-likeness (QED) is 0.917. The summed E-state index contributed by atoms with van der Waals surface area (Å²) in [7, 11) is 2.09. The van der Waals surface area contributed by atoms with Gasteiger partial charge in [0.1, 0.15) is 5.75 Å². The van der Waals surface area contributed by atoms with E-state index >= 15 is 0 Å². The number of piperidine rings is 1. The summed E-state index contributed by atoms with van der Waals surface area (Å²) in [5.41, 5.74) is 0.650. The Balaban J connectivity index is 1.97. The molecule has 2 unspecified atom stereocenters. The SMILES string of the molecule is CC(Nc1cccc(OC(F)(F)F)c1)C1CCCN(C)C1. The first-order chi connectivity index (χ1) is 9.83. The molecule has 0 aliphatic carbocycles. The molecule has 21 heavy (non-hydrogen) atoms. The molecule has 1 heterocycles. The number of halogens is 3. The summed E-state index contributed by atoms with van der Waals surface area (Å²) in [6.07, 6.45) is -2.36. The molecule has 0 bridgehead atoms. The van der Waals surface area contributed by atoms with Crippen molar-refractivity contribution in [3.63, 3.8) is 0 Å². The van der Waals surface area contributed by atoms with Crippen molar-refractivity contribution in [2.75, 3.05) is 25.5 Å². The molecule has 2 rings (SSSR count). The van der Waals surface area contributed by atoms with Gasteiger partial charge in [-0.15, -0.1) is 13.2 Å². The summed E-state index contributed by atoms with van der Waals surface area (Å²) in [6.45, 7) is 4.19.